The largest absolute Gasteiger partial charge is 0.467 e. The third-order valence-corrected chi connectivity index (χ3v) is 4.73. The summed E-state index contributed by atoms with van der Waals surface area (Å²) in [4.78, 5) is 34.4. The average Bonchev–Trinajstić information content (AvgIpc) is 2.98. The standard InChI is InChI=1S/C27H42O13/c1-31-25(28)23-39-20-19-37-16-15-35-12-11-33-8-7-32-9-10-34-13-14-36-17-18-38-21-22-40-27(30)26(29)24-5-3-2-4-6-24/h2-6H,7-23H2,1H3. The summed E-state index contributed by atoms with van der Waals surface area (Å²) >= 11 is 0. The van der Waals surface area contributed by atoms with E-state index >= 15 is 0 Å². The highest BCUT2D eigenvalue weighted by Crippen LogP contribution is 2.01. The van der Waals surface area contributed by atoms with Gasteiger partial charge >= 0.3 is 11.9 Å². The summed E-state index contributed by atoms with van der Waals surface area (Å²) < 4.78 is 52.0. The fourth-order valence-corrected chi connectivity index (χ4v) is 2.72. The van der Waals surface area contributed by atoms with E-state index in [2.05, 4.69) is 4.74 Å². The molecule has 0 radical (unpaired) electrons. The molecule has 0 aliphatic heterocycles. The summed E-state index contributed by atoms with van der Waals surface area (Å²) in [5, 5.41) is 0. The van der Waals surface area contributed by atoms with Crippen LogP contribution in [-0.4, -0.2) is 137 Å². The van der Waals surface area contributed by atoms with Crippen LogP contribution in [0.15, 0.2) is 30.3 Å². The average molecular weight is 575 g/mol. The number of hydrogen-bond acceptors (Lipinski definition) is 13. The van der Waals surface area contributed by atoms with E-state index in [1.165, 1.54) is 7.11 Å². The number of Topliss-reactive ketones (excluding diaryl/α,β-unsaturated/α-hetero) is 1. The van der Waals surface area contributed by atoms with E-state index in [1.54, 1.807) is 30.3 Å². The van der Waals surface area contributed by atoms with Gasteiger partial charge in [-0.3, -0.25) is 4.79 Å². The van der Waals surface area contributed by atoms with Gasteiger partial charge in [0.2, 0.25) is 0 Å². The summed E-state index contributed by atoms with van der Waals surface area (Å²) in [7, 11) is 1.31. The lowest BCUT2D eigenvalue weighted by Crippen LogP contribution is -2.20. The van der Waals surface area contributed by atoms with Gasteiger partial charge in [0, 0.05) is 5.56 Å². The Morgan fingerprint density at radius 3 is 1.23 bits per heavy atom. The molecule has 228 valence electrons. The van der Waals surface area contributed by atoms with Crippen LogP contribution in [0.2, 0.25) is 0 Å². The van der Waals surface area contributed by atoms with Gasteiger partial charge in [-0.2, -0.15) is 0 Å². The number of ether oxygens (including phenoxy) is 10. The van der Waals surface area contributed by atoms with Crippen molar-refractivity contribution in [1.82, 2.24) is 0 Å². The molecule has 0 saturated carbocycles. The van der Waals surface area contributed by atoms with Crippen LogP contribution in [0.3, 0.4) is 0 Å². The Balaban J connectivity index is 1.70. The minimum Gasteiger partial charge on any atom is -0.467 e. The molecule has 0 aliphatic rings. The molecule has 0 bridgehead atoms. The van der Waals surface area contributed by atoms with Gasteiger partial charge in [-0.25, -0.2) is 9.59 Å². The number of rotatable bonds is 28. The molecule has 0 N–H and O–H groups in total. The van der Waals surface area contributed by atoms with Crippen LogP contribution in [0.4, 0.5) is 0 Å². The third kappa shape index (κ3) is 21.3. The zero-order valence-electron chi connectivity index (χ0n) is 23.2. The Morgan fingerprint density at radius 1 is 0.500 bits per heavy atom. The summed E-state index contributed by atoms with van der Waals surface area (Å²) in [5.74, 6) is -2.00. The molecule has 13 heteroatoms. The first-order valence-electron chi connectivity index (χ1n) is 13.1. The smallest absolute Gasteiger partial charge is 0.379 e. The van der Waals surface area contributed by atoms with Crippen molar-refractivity contribution >= 4 is 17.7 Å². The Morgan fingerprint density at radius 2 is 0.850 bits per heavy atom. The molecule has 0 aliphatic carbocycles. The van der Waals surface area contributed by atoms with E-state index < -0.39 is 17.7 Å². The number of carbonyl (C=O) groups excluding carboxylic acids is 3. The maximum absolute atomic E-state index is 11.9. The lowest BCUT2D eigenvalue weighted by Gasteiger charge is -2.09. The van der Waals surface area contributed by atoms with Gasteiger partial charge in [0.15, 0.2) is 0 Å². The molecular formula is C27H42O13. The zero-order chi connectivity index (χ0) is 28.9. The molecule has 0 fully saturated rings. The molecular weight excluding hydrogens is 532 g/mol. The molecule has 1 rings (SSSR count). The Bertz CT molecular complexity index is 760. The van der Waals surface area contributed by atoms with Gasteiger partial charge in [-0.05, 0) is 0 Å². The highest BCUT2D eigenvalue weighted by molar-refractivity contribution is 6.40. The topological polar surface area (TPSA) is 144 Å². The predicted octanol–water partition coefficient (Wildman–Crippen LogP) is 0.718. The molecule has 1 aromatic carbocycles. The zero-order valence-corrected chi connectivity index (χ0v) is 23.2. The number of esters is 2. The lowest BCUT2D eigenvalue weighted by atomic mass is 10.1. The van der Waals surface area contributed by atoms with Gasteiger partial charge < -0.3 is 47.4 Å². The van der Waals surface area contributed by atoms with Crippen LogP contribution in [0.5, 0.6) is 0 Å². The number of ketones is 1. The molecule has 0 aromatic heterocycles. The van der Waals surface area contributed by atoms with Crippen molar-refractivity contribution in [2.45, 2.75) is 0 Å². The van der Waals surface area contributed by atoms with Gasteiger partial charge in [-0.15, -0.1) is 0 Å². The van der Waals surface area contributed by atoms with Crippen molar-refractivity contribution in [2.75, 3.05) is 119 Å². The Kier molecular flexibility index (Phi) is 23.7. The minimum atomic E-state index is -0.901. The van der Waals surface area contributed by atoms with Crippen molar-refractivity contribution in [3.05, 3.63) is 35.9 Å². The van der Waals surface area contributed by atoms with Crippen LogP contribution >= 0.6 is 0 Å². The first kappa shape index (κ1) is 35.5. The highest BCUT2D eigenvalue weighted by Gasteiger charge is 2.17. The van der Waals surface area contributed by atoms with E-state index in [9.17, 15) is 14.4 Å². The SMILES string of the molecule is COC(=O)COCCOCCOCCOCCOCCOCCOCCOCCOC(=O)C(=O)c1ccccc1. The summed E-state index contributed by atoms with van der Waals surface area (Å²) in [6.45, 7) is 5.96. The van der Waals surface area contributed by atoms with E-state index in [-0.39, 0.29) is 19.8 Å². The summed E-state index contributed by atoms with van der Waals surface area (Å²) in [6.07, 6.45) is 0. The van der Waals surface area contributed by atoms with Gasteiger partial charge in [-0.1, -0.05) is 30.3 Å². The number of carbonyl (C=O) groups is 3. The van der Waals surface area contributed by atoms with Gasteiger partial charge in [0.25, 0.3) is 5.78 Å². The van der Waals surface area contributed by atoms with E-state index in [1.807, 2.05) is 0 Å². The number of methoxy groups -OCH3 is 1. The summed E-state index contributed by atoms with van der Waals surface area (Å²) in [5.41, 5.74) is 0.292. The fraction of sp³-hybridized carbons (Fsp3) is 0.667. The van der Waals surface area contributed by atoms with Crippen LogP contribution in [0.1, 0.15) is 10.4 Å². The Labute approximate surface area is 235 Å². The van der Waals surface area contributed by atoms with E-state index in [0.717, 1.165) is 0 Å². The summed E-state index contributed by atoms with van der Waals surface area (Å²) in [6, 6.07) is 8.24. The predicted molar refractivity (Wildman–Crippen MR) is 140 cm³/mol. The van der Waals surface area contributed by atoms with Crippen molar-refractivity contribution in [3.63, 3.8) is 0 Å². The van der Waals surface area contributed by atoms with Crippen molar-refractivity contribution in [2.24, 2.45) is 0 Å². The molecule has 0 amide bonds. The maximum Gasteiger partial charge on any atom is 0.379 e. The second-order valence-corrected chi connectivity index (χ2v) is 7.75. The molecule has 40 heavy (non-hydrogen) atoms. The first-order valence-corrected chi connectivity index (χ1v) is 13.1. The third-order valence-electron chi connectivity index (χ3n) is 4.73. The van der Waals surface area contributed by atoms with Gasteiger partial charge in [0.1, 0.15) is 13.2 Å². The monoisotopic (exact) mass is 574 g/mol. The second kappa shape index (κ2) is 26.7. The van der Waals surface area contributed by atoms with Crippen LogP contribution in [-0.2, 0) is 57.0 Å². The molecule has 0 unspecified atom stereocenters. The van der Waals surface area contributed by atoms with Gasteiger partial charge in [0.05, 0.1) is 106 Å². The maximum atomic E-state index is 11.9. The highest BCUT2D eigenvalue weighted by atomic mass is 16.6. The normalized spacial score (nSPS) is 10.9. The Hall–Kier alpha value is -2.49. The second-order valence-electron chi connectivity index (χ2n) is 7.75. The quantitative estimate of drug-likeness (QED) is 0.0601. The van der Waals surface area contributed by atoms with E-state index in [4.69, 9.17) is 42.6 Å². The molecule has 0 atom stereocenters. The minimum absolute atomic E-state index is 0.00595. The van der Waals surface area contributed by atoms with Crippen molar-refractivity contribution < 1.29 is 61.8 Å². The van der Waals surface area contributed by atoms with Crippen LogP contribution in [0, 0.1) is 0 Å². The number of benzene rings is 1. The van der Waals surface area contributed by atoms with Crippen molar-refractivity contribution in [3.8, 4) is 0 Å². The van der Waals surface area contributed by atoms with E-state index in [0.29, 0.717) is 98.1 Å². The van der Waals surface area contributed by atoms with Crippen LogP contribution < -0.4 is 0 Å². The first-order chi connectivity index (χ1) is 19.6. The lowest BCUT2D eigenvalue weighted by molar-refractivity contribution is -0.146. The fourth-order valence-electron chi connectivity index (χ4n) is 2.72. The van der Waals surface area contributed by atoms with Crippen LogP contribution in [0.25, 0.3) is 0 Å². The molecule has 13 nitrogen and oxygen atoms in total. The molecule has 0 saturated heterocycles. The number of hydrogen-bond donors (Lipinski definition) is 0. The molecule has 0 spiro atoms. The van der Waals surface area contributed by atoms with Crippen molar-refractivity contribution in [1.29, 1.82) is 0 Å². The molecule has 1 aromatic rings. The molecule has 0 heterocycles.